The van der Waals surface area contributed by atoms with Crippen LogP contribution in [0.4, 0.5) is 5.69 Å². The van der Waals surface area contributed by atoms with Crippen LogP contribution >= 0.6 is 11.8 Å². The van der Waals surface area contributed by atoms with E-state index < -0.39 is 0 Å². The maximum atomic E-state index is 12.2. The van der Waals surface area contributed by atoms with Gasteiger partial charge in [-0.25, -0.2) is 9.78 Å². The number of amides is 1. The highest BCUT2D eigenvalue weighted by Gasteiger charge is 2.10. The summed E-state index contributed by atoms with van der Waals surface area (Å²) in [7, 11) is 0. The van der Waals surface area contributed by atoms with Gasteiger partial charge in [-0.1, -0.05) is 30.0 Å². The highest BCUT2D eigenvalue weighted by molar-refractivity contribution is 7.99. The van der Waals surface area contributed by atoms with Crippen molar-refractivity contribution in [1.29, 1.82) is 0 Å². The van der Waals surface area contributed by atoms with E-state index in [1.165, 1.54) is 11.8 Å². The lowest BCUT2D eigenvalue weighted by atomic mass is 10.2. The van der Waals surface area contributed by atoms with E-state index >= 15 is 0 Å². The minimum atomic E-state index is -0.382. The van der Waals surface area contributed by atoms with Crippen molar-refractivity contribution in [3.8, 4) is 0 Å². The number of fused-ring (bicyclic) bond motifs is 3. The van der Waals surface area contributed by atoms with E-state index in [9.17, 15) is 9.59 Å². The summed E-state index contributed by atoms with van der Waals surface area (Å²) in [6.45, 7) is 2.07. The lowest BCUT2D eigenvalue weighted by Crippen LogP contribution is -2.12. The van der Waals surface area contributed by atoms with Gasteiger partial charge in [0.25, 0.3) is 0 Å². The summed E-state index contributed by atoms with van der Waals surface area (Å²) in [5, 5.41) is 12.7. The topological polar surface area (TPSA) is 110 Å². The van der Waals surface area contributed by atoms with Gasteiger partial charge in [-0.15, -0.1) is 10.2 Å². The Morgan fingerprint density at radius 3 is 2.70 bits per heavy atom. The molecular formula is C21H19N5O3S. The molecule has 0 atom stereocenters. The predicted molar refractivity (Wildman–Crippen MR) is 116 cm³/mol. The summed E-state index contributed by atoms with van der Waals surface area (Å²) in [6.07, 6.45) is 0.290. The molecule has 0 saturated heterocycles. The maximum Gasteiger partial charge on any atom is 0.338 e. The third-order valence-electron chi connectivity index (χ3n) is 4.34. The minimum Gasteiger partial charge on any atom is -0.462 e. The molecule has 0 unspecified atom stereocenters. The Kier molecular flexibility index (Phi) is 5.89. The van der Waals surface area contributed by atoms with Crippen LogP contribution in [0.15, 0.2) is 53.7 Å². The quantitative estimate of drug-likeness (QED) is 0.345. The fourth-order valence-corrected chi connectivity index (χ4v) is 3.65. The number of hydrogen-bond acceptors (Lipinski definition) is 7. The second-order valence-electron chi connectivity index (χ2n) is 6.41. The van der Waals surface area contributed by atoms with E-state index in [4.69, 9.17) is 4.74 Å². The van der Waals surface area contributed by atoms with Crippen LogP contribution in [0.25, 0.3) is 22.1 Å². The van der Waals surface area contributed by atoms with Crippen LogP contribution < -0.4 is 5.32 Å². The summed E-state index contributed by atoms with van der Waals surface area (Å²) in [5.74, 6) is -0.00137. The SMILES string of the molecule is CCOC(=O)c1ccc(NC(=O)CCSc2nnc3c(n2)[nH]c2ccccc23)cc1. The number of aromatic nitrogens is 4. The largest absolute Gasteiger partial charge is 0.462 e. The normalized spacial score (nSPS) is 11.0. The Hall–Kier alpha value is -3.46. The molecular weight excluding hydrogens is 402 g/mol. The van der Waals surface area contributed by atoms with Crippen molar-refractivity contribution < 1.29 is 14.3 Å². The molecule has 2 aromatic heterocycles. The Bertz CT molecular complexity index is 1210. The average Bonchev–Trinajstić information content (AvgIpc) is 3.12. The maximum absolute atomic E-state index is 12.2. The number of nitrogens with zero attached hydrogens (tertiary/aromatic N) is 3. The Morgan fingerprint density at radius 2 is 1.90 bits per heavy atom. The zero-order valence-electron chi connectivity index (χ0n) is 16.2. The number of carbonyl (C=O) groups is 2. The monoisotopic (exact) mass is 421 g/mol. The molecule has 0 aliphatic rings. The standard InChI is InChI=1S/C21H19N5O3S/c1-2-29-20(28)13-7-9-14(10-8-13)22-17(27)11-12-30-21-24-19-18(25-26-21)15-5-3-4-6-16(15)23-19/h3-10H,2,11-12H2,1H3,(H,22,27)(H,23,24,26). The van der Waals surface area contributed by atoms with E-state index in [1.54, 1.807) is 31.2 Å². The van der Waals surface area contributed by atoms with Crippen LogP contribution in [0.2, 0.25) is 0 Å². The number of carbonyl (C=O) groups excluding carboxylic acids is 2. The molecule has 8 nitrogen and oxygen atoms in total. The number of rotatable bonds is 7. The van der Waals surface area contributed by atoms with Gasteiger partial charge in [0.15, 0.2) is 5.65 Å². The van der Waals surface area contributed by atoms with Crippen molar-refractivity contribution in [1.82, 2.24) is 20.2 Å². The molecule has 0 bridgehead atoms. The molecule has 0 aliphatic heterocycles. The summed E-state index contributed by atoms with van der Waals surface area (Å²) in [5.41, 5.74) is 3.45. The van der Waals surface area contributed by atoms with Crippen LogP contribution in [0.1, 0.15) is 23.7 Å². The van der Waals surface area contributed by atoms with Crippen molar-refractivity contribution in [2.24, 2.45) is 0 Å². The molecule has 30 heavy (non-hydrogen) atoms. The zero-order valence-corrected chi connectivity index (χ0v) is 17.0. The summed E-state index contributed by atoms with van der Waals surface area (Å²) < 4.78 is 4.94. The second kappa shape index (κ2) is 8.91. The van der Waals surface area contributed by atoms with E-state index in [0.717, 1.165) is 16.4 Å². The van der Waals surface area contributed by atoms with Gasteiger partial charge in [0.1, 0.15) is 5.52 Å². The number of hydrogen-bond donors (Lipinski definition) is 2. The number of esters is 1. The van der Waals surface area contributed by atoms with Gasteiger partial charge in [0.2, 0.25) is 11.1 Å². The molecule has 0 spiro atoms. The first-order valence-corrected chi connectivity index (χ1v) is 10.4. The highest BCUT2D eigenvalue weighted by Crippen LogP contribution is 2.23. The Balaban J connectivity index is 1.31. The second-order valence-corrected chi connectivity index (χ2v) is 7.47. The van der Waals surface area contributed by atoms with Crippen LogP contribution in [-0.4, -0.2) is 44.4 Å². The molecule has 9 heteroatoms. The molecule has 2 aromatic carbocycles. The molecule has 1 amide bonds. The number of para-hydroxylation sites is 1. The number of H-pyrrole nitrogens is 1. The molecule has 0 fully saturated rings. The lowest BCUT2D eigenvalue weighted by Gasteiger charge is -2.06. The van der Waals surface area contributed by atoms with Gasteiger partial charge in [-0.05, 0) is 37.3 Å². The van der Waals surface area contributed by atoms with Gasteiger partial charge in [-0.3, -0.25) is 4.79 Å². The zero-order chi connectivity index (χ0) is 20.9. The van der Waals surface area contributed by atoms with Crippen LogP contribution in [-0.2, 0) is 9.53 Å². The number of ether oxygens (including phenoxy) is 1. The van der Waals surface area contributed by atoms with Crippen LogP contribution in [0.3, 0.4) is 0 Å². The van der Waals surface area contributed by atoms with Crippen molar-refractivity contribution in [2.75, 3.05) is 17.7 Å². The van der Waals surface area contributed by atoms with Crippen LogP contribution in [0.5, 0.6) is 0 Å². The fraction of sp³-hybridized carbons (Fsp3) is 0.190. The smallest absolute Gasteiger partial charge is 0.338 e. The summed E-state index contributed by atoms with van der Waals surface area (Å²) in [4.78, 5) is 31.6. The predicted octanol–water partition coefficient (Wildman–Crippen LogP) is 3.80. The summed E-state index contributed by atoms with van der Waals surface area (Å²) >= 11 is 1.37. The van der Waals surface area contributed by atoms with Gasteiger partial charge in [-0.2, -0.15) is 0 Å². The van der Waals surface area contributed by atoms with E-state index in [1.807, 2.05) is 24.3 Å². The number of thioether (sulfide) groups is 1. The molecule has 0 aliphatic carbocycles. The third-order valence-corrected chi connectivity index (χ3v) is 5.18. The van der Waals surface area contributed by atoms with Gasteiger partial charge >= 0.3 is 5.97 Å². The summed E-state index contributed by atoms with van der Waals surface area (Å²) in [6, 6.07) is 14.4. The van der Waals surface area contributed by atoms with Crippen molar-refractivity contribution in [3.63, 3.8) is 0 Å². The van der Waals surface area contributed by atoms with Crippen molar-refractivity contribution in [3.05, 3.63) is 54.1 Å². The van der Waals surface area contributed by atoms with Crippen molar-refractivity contribution in [2.45, 2.75) is 18.5 Å². The molecule has 2 heterocycles. The van der Waals surface area contributed by atoms with Crippen molar-refractivity contribution >= 4 is 51.4 Å². The van der Waals surface area contributed by atoms with E-state index in [0.29, 0.717) is 40.8 Å². The average molecular weight is 421 g/mol. The van der Waals surface area contributed by atoms with Crippen LogP contribution in [0, 0.1) is 0 Å². The molecule has 4 rings (SSSR count). The number of anilines is 1. The van der Waals surface area contributed by atoms with Gasteiger partial charge in [0.05, 0.1) is 12.2 Å². The number of nitrogens with one attached hydrogen (secondary N) is 2. The third kappa shape index (κ3) is 4.41. The van der Waals surface area contributed by atoms with E-state index in [2.05, 4.69) is 25.5 Å². The lowest BCUT2D eigenvalue weighted by molar-refractivity contribution is -0.115. The minimum absolute atomic E-state index is 0.133. The molecule has 4 aromatic rings. The Labute approximate surface area is 176 Å². The van der Waals surface area contributed by atoms with Gasteiger partial charge in [0, 0.05) is 28.8 Å². The first kappa shape index (κ1) is 19.8. The van der Waals surface area contributed by atoms with E-state index in [-0.39, 0.29) is 11.9 Å². The number of aromatic amines is 1. The fourth-order valence-electron chi connectivity index (χ4n) is 2.93. The molecule has 152 valence electrons. The number of benzene rings is 2. The first-order chi connectivity index (χ1) is 14.6. The first-order valence-electron chi connectivity index (χ1n) is 9.45. The molecule has 0 saturated carbocycles. The molecule has 2 N–H and O–H groups in total. The Morgan fingerprint density at radius 1 is 1.10 bits per heavy atom. The highest BCUT2D eigenvalue weighted by atomic mass is 32.2. The molecule has 0 radical (unpaired) electrons. The van der Waals surface area contributed by atoms with Gasteiger partial charge < -0.3 is 15.0 Å².